The highest BCUT2D eigenvalue weighted by molar-refractivity contribution is 5.83. The first kappa shape index (κ1) is 14.4. The van der Waals surface area contributed by atoms with E-state index in [0.717, 1.165) is 33.4 Å². The summed E-state index contributed by atoms with van der Waals surface area (Å²) in [6.07, 6.45) is 2.27. The van der Waals surface area contributed by atoms with E-state index in [4.69, 9.17) is 5.11 Å². The summed E-state index contributed by atoms with van der Waals surface area (Å²) in [5.74, 6) is -0.0712. The fourth-order valence-electron chi connectivity index (χ4n) is 3.04. The maximum absolute atomic E-state index is 11.0. The van der Waals surface area contributed by atoms with Gasteiger partial charge in [0.15, 0.2) is 0 Å². The molecule has 120 valence electrons. The van der Waals surface area contributed by atoms with E-state index in [0.29, 0.717) is 6.42 Å². The Morgan fingerprint density at radius 2 is 2.00 bits per heavy atom. The Balaban J connectivity index is 1.91. The predicted octanol–water partition coefficient (Wildman–Crippen LogP) is 2.93. The van der Waals surface area contributed by atoms with Gasteiger partial charge in [-0.05, 0) is 30.3 Å². The fraction of sp³-hybridized carbons (Fsp3) is 0.167. The van der Waals surface area contributed by atoms with Gasteiger partial charge in [0, 0.05) is 24.5 Å². The number of hydrogen-bond donors (Lipinski definition) is 1. The summed E-state index contributed by atoms with van der Waals surface area (Å²) >= 11 is 0. The number of aryl methyl sites for hydroxylation is 2. The number of carbonyl (C=O) groups is 1. The van der Waals surface area contributed by atoms with Crippen molar-refractivity contribution in [2.45, 2.75) is 12.8 Å². The number of fused-ring (bicyclic) bond motifs is 2. The summed E-state index contributed by atoms with van der Waals surface area (Å²) in [6.45, 7) is 0. The Morgan fingerprint density at radius 1 is 1.17 bits per heavy atom. The van der Waals surface area contributed by atoms with Gasteiger partial charge in [-0.2, -0.15) is 5.10 Å². The van der Waals surface area contributed by atoms with Crippen molar-refractivity contribution in [2.24, 2.45) is 7.05 Å². The van der Waals surface area contributed by atoms with E-state index in [1.54, 1.807) is 0 Å². The van der Waals surface area contributed by atoms with E-state index in [1.807, 2.05) is 58.9 Å². The number of aromatic nitrogens is 4. The van der Waals surface area contributed by atoms with Crippen LogP contribution in [0.25, 0.3) is 27.6 Å². The molecule has 0 bridgehead atoms. The van der Waals surface area contributed by atoms with Gasteiger partial charge in [0.05, 0.1) is 29.2 Å². The molecule has 2 aromatic heterocycles. The minimum absolute atomic E-state index is 0.0540. The Morgan fingerprint density at radius 3 is 2.83 bits per heavy atom. The van der Waals surface area contributed by atoms with Crippen LogP contribution in [0.2, 0.25) is 0 Å². The number of aliphatic carboxylic acids is 1. The second-order valence-corrected chi connectivity index (χ2v) is 5.76. The number of para-hydroxylation sites is 2. The molecular formula is C18H16N4O2. The Labute approximate surface area is 138 Å². The SMILES string of the molecule is Cn1ncc2cc(-n3c(CCC(=O)O)nc4ccccc43)ccc21. The number of carboxylic acids is 1. The van der Waals surface area contributed by atoms with Gasteiger partial charge in [0.25, 0.3) is 0 Å². The van der Waals surface area contributed by atoms with E-state index >= 15 is 0 Å². The average Bonchev–Trinajstić information content (AvgIpc) is 3.13. The van der Waals surface area contributed by atoms with Gasteiger partial charge in [-0.15, -0.1) is 0 Å². The van der Waals surface area contributed by atoms with Crippen molar-refractivity contribution in [3.05, 3.63) is 54.5 Å². The molecule has 4 rings (SSSR count). The van der Waals surface area contributed by atoms with Gasteiger partial charge in [-0.1, -0.05) is 12.1 Å². The van der Waals surface area contributed by atoms with Crippen molar-refractivity contribution in [3.8, 4) is 5.69 Å². The molecule has 0 radical (unpaired) electrons. The molecular weight excluding hydrogens is 304 g/mol. The number of rotatable bonds is 4. The molecule has 0 aliphatic rings. The Bertz CT molecular complexity index is 1060. The lowest BCUT2D eigenvalue weighted by Gasteiger charge is -2.09. The Hall–Kier alpha value is -3.15. The molecule has 6 heteroatoms. The van der Waals surface area contributed by atoms with Crippen molar-refractivity contribution in [2.75, 3.05) is 0 Å². The molecule has 0 aliphatic heterocycles. The van der Waals surface area contributed by atoms with Crippen LogP contribution >= 0.6 is 0 Å². The van der Waals surface area contributed by atoms with Crippen molar-refractivity contribution in [3.63, 3.8) is 0 Å². The molecule has 0 spiro atoms. The van der Waals surface area contributed by atoms with Gasteiger partial charge in [-0.25, -0.2) is 4.98 Å². The van der Waals surface area contributed by atoms with Crippen molar-refractivity contribution < 1.29 is 9.90 Å². The molecule has 2 aromatic carbocycles. The maximum atomic E-state index is 11.0. The molecule has 4 aromatic rings. The quantitative estimate of drug-likeness (QED) is 0.627. The van der Waals surface area contributed by atoms with Gasteiger partial charge in [0.2, 0.25) is 0 Å². The minimum Gasteiger partial charge on any atom is -0.481 e. The number of nitrogens with zero attached hydrogens (tertiary/aromatic N) is 4. The smallest absolute Gasteiger partial charge is 0.303 e. The molecule has 0 amide bonds. The molecule has 0 saturated carbocycles. The third kappa shape index (κ3) is 2.32. The third-order valence-electron chi connectivity index (χ3n) is 4.18. The molecule has 0 fully saturated rings. The third-order valence-corrected chi connectivity index (χ3v) is 4.18. The first-order chi connectivity index (χ1) is 11.6. The van der Waals surface area contributed by atoms with Crippen LogP contribution in [0.15, 0.2) is 48.7 Å². The first-order valence-corrected chi connectivity index (χ1v) is 7.74. The van der Waals surface area contributed by atoms with Crippen LogP contribution in [-0.4, -0.2) is 30.4 Å². The summed E-state index contributed by atoms with van der Waals surface area (Å²) in [4.78, 5) is 15.6. The van der Waals surface area contributed by atoms with Crippen LogP contribution in [0.3, 0.4) is 0 Å². The van der Waals surface area contributed by atoms with Crippen LogP contribution in [0.5, 0.6) is 0 Å². The Kier molecular flexibility index (Phi) is 3.30. The van der Waals surface area contributed by atoms with Crippen LogP contribution in [0.1, 0.15) is 12.2 Å². The lowest BCUT2D eigenvalue weighted by Crippen LogP contribution is -2.05. The zero-order valence-corrected chi connectivity index (χ0v) is 13.2. The topological polar surface area (TPSA) is 72.9 Å². The average molecular weight is 320 g/mol. The summed E-state index contributed by atoms with van der Waals surface area (Å²) in [5, 5.41) is 14.3. The predicted molar refractivity (Wildman–Crippen MR) is 91.3 cm³/mol. The van der Waals surface area contributed by atoms with Crippen molar-refractivity contribution >= 4 is 27.9 Å². The van der Waals surface area contributed by atoms with E-state index in [-0.39, 0.29) is 6.42 Å². The van der Waals surface area contributed by atoms with Crippen molar-refractivity contribution in [1.29, 1.82) is 0 Å². The lowest BCUT2D eigenvalue weighted by atomic mass is 10.2. The number of benzene rings is 2. The molecule has 24 heavy (non-hydrogen) atoms. The summed E-state index contributed by atoms with van der Waals surface area (Å²) in [7, 11) is 1.91. The molecule has 2 heterocycles. The number of hydrogen-bond acceptors (Lipinski definition) is 3. The maximum Gasteiger partial charge on any atom is 0.303 e. The van der Waals surface area contributed by atoms with Crippen LogP contribution in [-0.2, 0) is 18.3 Å². The van der Waals surface area contributed by atoms with E-state index in [9.17, 15) is 4.79 Å². The molecule has 0 unspecified atom stereocenters. The first-order valence-electron chi connectivity index (χ1n) is 7.74. The fourth-order valence-corrected chi connectivity index (χ4v) is 3.04. The second kappa shape index (κ2) is 5.49. The number of carboxylic acid groups (broad SMARTS) is 1. The second-order valence-electron chi connectivity index (χ2n) is 5.76. The van der Waals surface area contributed by atoms with Gasteiger partial charge in [-0.3, -0.25) is 14.0 Å². The van der Waals surface area contributed by atoms with Gasteiger partial charge >= 0.3 is 5.97 Å². The number of imidazole rings is 1. The normalized spacial score (nSPS) is 11.4. The minimum atomic E-state index is -0.823. The highest BCUT2D eigenvalue weighted by Gasteiger charge is 2.14. The van der Waals surface area contributed by atoms with E-state index in [2.05, 4.69) is 16.1 Å². The monoisotopic (exact) mass is 320 g/mol. The lowest BCUT2D eigenvalue weighted by molar-refractivity contribution is -0.137. The van der Waals surface area contributed by atoms with Crippen molar-refractivity contribution in [1.82, 2.24) is 19.3 Å². The standard InChI is InChI=1S/C18H16N4O2/c1-21-15-7-6-13(10-12(15)11-19-21)22-16-5-3-2-4-14(16)20-17(22)8-9-18(23)24/h2-7,10-11H,8-9H2,1H3,(H,23,24). The van der Waals surface area contributed by atoms with E-state index < -0.39 is 5.97 Å². The van der Waals surface area contributed by atoms with Gasteiger partial charge < -0.3 is 5.11 Å². The van der Waals surface area contributed by atoms with Gasteiger partial charge in [0.1, 0.15) is 5.82 Å². The highest BCUT2D eigenvalue weighted by atomic mass is 16.4. The summed E-state index contributed by atoms with van der Waals surface area (Å²) < 4.78 is 3.86. The summed E-state index contributed by atoms with van der Waals surface area (Å²) in [5.41, 5.74) is 3.85. The zero-order valence-electron chi connectivity index (χ0n) is 13.2. The van der Waals surface area contributed by atoms with Crippen LogP contribution in [0.4, 0.5) is 0 Å². The molecule has 1 N–H and O–H groups in total. The zero-order chi connectivity index (χ0) is 16.7. The highest BCUT2D eigenvalue weighted by Crippen LogP contribution is 2.25. The molecule has 0 saturated heterocycles. The summed E-state index contributed by atoms with van der Waals surface area (Å²) in [6, 6.07) is 13.9. The van der Waals surface area contributed by atoms with Crippen LogP contribution in [0, 0.1) is 0 Å². The molecule has 6 nitrogen and oxygen atoms in total. The van der Waals surface area contributed by atoms with E-state index in [1.165, 1.54) is 0 Å². The molecule has 0 atom stereocenters. The van der Waals surface area contributed by atoms with Crippen LogP contribution < -0.4 is 0 Å². The molecule has 0 aliphatic carbocycles. The largest absolute Gasteiger partial charge is 0.481 e.